The molecule has 0 aliphatic carbocycles. The van der Waals surface area contributed by atoms with E-state index >= 15 is 0 Å². The Hall–Kier alpha value is -3.34. The number of amides is 1. The minimum Gasteiger partial charge on any atom is -0.463 e. The van der Waals surface area contributed by atoms with E-state index in [0.717, 1.165) is 11.1 Å². The van der Waals surface area contributed by atoms with Crippen LogP contribution in [0.25, 0.3) is 11.1 Å². The van der Waals surface area contributed by atoms with Gasteiger partial charge in [-0.2, -0.15) is 0 Å². The lowest BCUT2D eigenvalue weighted by atomic mass is 10.1. The number of benzene rings is 2. The summed E-state index contributed by atoms with van der Waals surface area (Å²) in [5.41, 5.74) is 4.71. The molecule has 0 aliphatic rings. The van der Waals surface area contributed by atoms with Gasteiger partial charge in [0.1, 0.15) is 11.5 Å². The zero-order valence-electron chi connectivity index (χ0n) is 14.9. The van der Waals surface area contributed by atoms with Gasteiger partial charge in [-0.25, -0.2) is 4.39 Å². The number of hydrogen-bond donors (Lipinski definition) is 1. The molecule has 4 aromatic rings. The van der Waals surface area contributed by atoms with Crippen LogP contribution in [0.5, 0.6) is 0 Å². The molecule has 0 fully saturated rings. The van der Waals surface area contributed by atoms with E-state index in [-0.39, 0.29) is 18.3 Å². The van der Waals surface area contributed by atoms with E-state index in [2.05, 4.69) is 5.32 Å². The van der Waals surface area contributed by atoms with E-state index in [0.29, 0.717) is 23.4 Å². The number of fused-ring (bicyclic) bond motifs is 1. The highest BCUT2D eigenvalue weighted by molar-refractivity contribution is 5.97. The molecule has 1 amide bonds. The number of aryl methyl sites for hydroxylation is 1. The monoisotopic (exact) mass is 362 g/mol. The van der Waals surface area contributed by atoms with Gasteiger partial charge in [-0.05, 0) is 18.6 Å². The van der Waals surface area contributed by atoms with Crippen molar-refractivity contribution in [3.63, 3.8) is 0 Å². The molecule has 2 heterocycles. The largest absolute Gasteiger partial charge is 0.463 e. The predicted molar refractivity (Wildman–Crippen MR) is 102 cm³/mol. The smallest absolute Gasteiger partial charge is 0.268 e. The summed E-state index contributed by atoms with van der Waals surface area (Å²) in [4.78, 5) is 12.8. The summed E-state index contributed by atoms with van der Waals surface area (Å²) in [5.74, 6) is -0.599. The highest BCUT2D eigenvalue weighted by Crippen LogP contribution is 2.23. The molecule has 2 aromatic heterocycles. The number of carbonyl (C=O) groups is 1. The van der Waals surface area contributed by atoms with Crippen molar-refractivity contribution in [2.45, 2.75) is 20.0 Å². The fraction of sp³-hybridized carbons (Fsp3) is 0.136. The number of rotatable bonds is 5. The van der Waals surface area contributed by atoms with Crippen LogP contribution in [-0.4, -0.2) is 10.5 Å². The summed E-state index contributed by atoms with van der Waals surface area (Å²) in [7, 11) is 0. The van der Waals surface area contributed by atoms with Crippen molar-refractivity contribution in [1.29, 1.82) is 0 Å². The average molecular weight is 362 g/mol. The second kappa shape index (κ2) is 7.11. The topological polar surface area (TPSA) is 47.2 Å². The summed E-state index contributed by atoms with van der Waals surface area (Å²) in [5, 5.41) is 2.80. The lowest BCUT2D eigenvalue weighted by molar-refractivity contribution is 0.0942. The molecule has 2 aromatic carbocycles. The first-order chi connectivity index (χ1) is 13.1. The lowest BCUT2D eigenvalue weighted by Crippen LogP contribution is -2.26. The van der Waals surface area contributed by atoms with Crippen LogP contribution < -0.4 is 5.32 Å². The Bertz CT molecular complexity index is 1090. The minimum absolute atomic E-state index is 0.128. The summed E-state index contributed by atoms with van der Waals surface area (Å²) in [6.07, 6.45) is 1.61. The number of hydrogen-bond acceptors (Lipinski definition) is 2. The Labute approximate surface area is 156 Å². The van der Waals surface area contributed by atoms with Crippen LogP contribution in [0.4, 0.5) is 4.39 Å². The molecule has 0 atom stereocenters. The summed E-state index contributed by atoms with van der Waals surface area (Å²) >= 11 is 0. The Morgan fingerprint density at radius 1 is 1.11 bits per heavy atom. The van der Waals surface area contributed by atoms with Crippen LogP contribution in [-0.2, 0) is 13.1 Å². The number of nitrogens with one attached hydrogen (secondary N) is 1. The predicted octanol–water partition coefficient (Wildman–Crippen LogP) is 4.66. The standard InChI is InChI=1S/C22H19FN2O2/c1-15-6-8-16(9-7-15)14-25-19-10-11-27-21(19)12-20(25)22(26)24-13-17-4-2-3-5-18(17)23/h2-12H,13-14H2,1H3,(H,24,26). The number of aromatic nitrogens is 1. The zero-order chi connectivity index (χ0) is 18.8. The van der Waals surface area contributed by atoms with E-state index in [1.54, 1.807) is 30.5 Å². The van der Waals surface area contributed by atoms with E-state index in [1.165, 1.54) is 11.6 Å². The maximum absolute atomic E-state index is 13.8. The first kappa shape index (κ1) is 17.1. The summed E-state index contributed by atoms with van der Waals surface area (Å²) in [6.45, 7) is 2.71. The van der Waals surface area contributed by atoms with E-state index in [4.69, 9.17) is 4.42 Å². The molecule has 0 saturated carbocycles. The third-order valence-corrected chi connectivity index (χ3v) is 4.61. The fourth-order valence-corrected chi connectivity index (χ4v) is 3.12. The van der Waals surface area contributed by atoms with Gasteiger partial charge in [0.2, 0.25) is 0 Å². The van der Waals surface area contributed by atoms with E-state index in [9.17, 15) is 9.18 Å². The maximum Gasteiger partial charge on any atom is 0.268 e. The van der Waals surface area contributed by atoms with Crippen molar-refractivity contribution in [3.05, 3.63) is 95.1 Å². The minimum atomic E-state index is -0.332. The number of halogens is 1. The van der Waals surface area contributed by atoms with Gasteiger partial charge in [-0.1, -0.05) is 48.0 Å². The first-order valence-electron chi connectivity index (χ1n) is 8.76. The molecule has 0 bridgehead atoms. The molecule has 0 aliphatic heterocycles. The molecular weight excluding hydrogens is 343 g/mol. The van der Waals surface area contributed by atoms with Crippen molar-refractivity contribution in [2.75, 3.05) is 0 Å². The Morgan fingerprint density at radius 3 is 2.67 bits per heavy atom. The van der Waals surface area contributed by atoms with Crippen molar-refractivity contribution < 1.29 is 13.6 Å². The first-order valence-corrected chi connectivity index (χ1v) is 8.76. The SMILES string of the molecule is Cc1ccc(Cn2c(C(=O)NCc3ccccc3F)cc3occc32)cc1. The van der Waals surface area contributed by atoms with Gasteiger partial charge in [0.05, 0.1) is 11.8 Å². The average Bonchev–Trinajstić information content (AvgIpc) is 3.25. The summed E-state index contributed by atoms with van der Waals surface area (Å²) in [6, 6.07) is 18.2. The molecular formula is C22H19FN2O2. The van der Waals surface area contributed by atoms with Crippen LogP contribution in [0.15, 0.2) is 71.3 Å². The van der Waals surface area contributed by atoms with Gasteiger partial charge < -0.3 is 14.3 Å². The van der Waals surface area contributed by atoms with Crippen molar-refractivity contribution in [2.24, 2.45) is 0 Å². The molecule has 27 heavy (non-hydrogen) atoms. The number of nitrogens with zero attached hydrogens (tertiary/aromatic N) is 1. The molecule has 136 valence electrons. The Morgan fingerprint density at radius 2 is 1.89 bits per heavy atom. The van der Waals surface area contributed by atoms with Crippen molar-refractivity contribution in [3.8, 4) is 0 Å². The highest BCUT2D eigenvalue weighted by Gasteiger charge is 2.18. The lowest BCUT2D eigenvalue weighted by Gasteiger charge is -2.11. The second-order valence-electron chi connectivity index (χ2n) is 6.55. The second-order valence-corrected chi connectivity index (χ2v) is 6.55. The van der Waals surface area contributed by atoms with Gasteiger partial charge >= 0.3 is 0 Å². The zero-order valence-corrected chi connectivity index (χ0v) is 14.9. The quantitative estimate of drug-likeness (QED) is 0.561. The maximum atomic E-state index is 13.8. The van der Waals surface area contributed by atoms with Crippen LogP contribution in [0.1, 0.15) is 27.2 Å². The molecule has 0 unspecified atom stereocenters. The van der Waals surface area contributed by atoms with Crippen molar-refractivity contribution >= 4 is 17.0 Å². The number of furan rings is 1. The molecule has 4 nitrogen and oxygen atoms in total. The highest BCUT2D eigenvalue weighted by atomic mass is 19.1. The van der Waals surface area contributed by atoms with Gasteiger partial charge in [0.25, 0.3) is 5.91 Å². The van der Waals surface area contributed by atoms with Crippen molar-refractivity contribution in [1.82, 2.24) is 9.88 Å². The Kier molecular flexibility index (Phi) is 4.50. The molecule has 0 radical (unpaired) electrons. The van der Waals surface area contributed by atoms with Crippen LogP contribution in [0, 0.1) is 12.7 Å². The fourth-order valence-electron chi connectivity index (χ4n) is 3.12. The third-order valence-electron chi connectivity index (χ3n) is 4.61. The molecule has 0 spiro atoms. The molecule has 4 rings (SSSR count). The Balaban J connectivity index is 1.61. The molecule has 5 heteroatoms. The van der Waals surface area contributed by atoms with E-state index < -0.39 is 0 Å². The normalized spacial score (nSPS) is 11.0. The van der Waals surface area contributed by atoms with Gasteiger partial charge in [-0.3, -0.25) is 4.79 Å². The van der Waals surface area contributed by atoms with E-state index in [1.807, 2.05) is 41.8 Å². The van der Waals surface area contributed by atoms with Gasteiger partial charge in [-0.15, -0.1) is 0 Å². The molecule has 0 saturated heterocycles. The molecule has 1 N–H and O–H groups in total. The third kappa shape index (κ3) is 3.49. The van der Waals surface area contributed by atoms with Gasteiger partial charge in [0.15, 0.2) is 5.58 Å². The van der Waals surface area contributed by atoms with Crippen LogP contribution in [0.2, 0.25) is 0 Å². The van der Waals surface area contributed by atoms with Crippen LogP contribution >= 0.6 is 0 Å². The van der Waals surface area contributed by atoms with Crippen LogP contribution in [0.3, 0.4) is 0 Å². The van der Waals surface area contributed by atoms with Gasteiger partial charge in [0, 0.05) is 30.8 Å². The number of carbonyl (C=O) groups excluding carboxylic acids is 1. The summed E-state index contributed by atoms with van der Waals surface area (Å²) < 4.78 is 21.2.